The van der Waals surface area contributed by atoms with E-state index in [9.17, 15) is 0 Å². The number of hydrogen-bond donors (Lipinski definition) is 3. The molecule has 7 heteroatoms. The maximum absolute atomic E-state index is 5.14. The van der Waals surface area contributed by atoms with Gasteiger partial charge in [0.2, 0.25) is 0 Å². The van der Waals surface area contributed by atoms with E-state index in [4.69, 9.17) is 4.74 Å². The van der Waals surface area contributed by atoms with Gasteiger partial charge in [-0.2, -0.15) is 0 Å². The SMILES string of the molecule is CCNC(=NCCCc1nc2ccccc2[nH]1)NC(C)COC.I. The van der Waals surface area contributed by atoms with Gasteiger partial charge in [0.25, 0.3) is 0 Å². The fourth-order valence-electron chi connectivity index (χ4n) is 2.41. The van der Waals surface area contributed by atoms with Gasteiger partial charge in [0.1, 0.15) is 5.82 Å². The highest BCUT2D eigenvalue weighted by Gasteiger charge is 2.05. The maximum atomic E-state index is 5.14. The number of H-pyrrole nitrogens is 1. The average Bonchev–Trinajstić information content (AvgIpc) is 2.94. The molecule has 6 nitrogen and oxygen atoms in total. The van der Waals surface area contributed by atoms with Crippen LogP contribution in [0.15, 0.2) is 29.3 Å². The smallest absolute Gasteiger partial charge is 0.191 e. The molecule has 3 N–H and O–H groups in total. The third-order valence-corrected chi connectivity index (χ3v) is 3.42. The van der Waals surface area contributed by atoms with Crippen LogP contribution >= 0.6 is 24.0 Å². The molecular formula is C17H28IN5O. The van der Waals surface area contributed by atoms with E-state index in [0.717, 1.165) is 48.7 Å². The summed E-state index contributed by atoms with van der Waals surface area (Å²) in [4.78, 5) is 12.5. The lowest BCUT2D eigenvalue weighted by Crippen LogP contribution is -2.44. The van der Waals surface area contributed by atoms with Crippen LogP contribution in [0.4, 0.5) is 0 Å². The Labute approximate surface area is 160 Å². The van der Waals surface area contributed by atoms with Crippen molar-refractivity contribution in [1.29, 1.82) is 0 Å². The number of rotatable bonds is 8. The zero-order valence-corrected chi connectivity index (χ0v) is 17.0. The third-order valence-electron chi connectivity index (χ3n) is 3.42. The Hall–Kier alpha value is -1.35. The van der Waals surface area contributed by atoms with E-state index in [1.54, 1.807) is 7.11 Å². The van der Waals surface area contributed by atoms with E-state index >= 15 is 0 Å². The van der Waals surface area contributed by atoms with Gasteiger partial charge in [-0.25, -0.2) is 4.98 Å². The molecule has 2 rings (SSSR count). The van der Waals surface area contributed by atoms with Gasteiger partial charge in [-0.3, -0.25) is 4.99 Å². The predicted molar refractivity (Wildman–Crippen MR) is 110 cm³/mol. The van der Waals surface area contributed by atoms with Gasteiger partial charge < -0.3 is 20.4 Å². The van der Waals surface area contributed by atoms with Crippen LogP contribution in [0.25, 0.3) is 11.0 Å². The summed E-state index contributed by atoms with van der Waals surface area (Å²) in [6.07, 6.45) is 1.85. The van der Waals surface area contributed by atoms with Gasteiger partial charge in [0.15, 0.2) is 5.96 Å². The summed E-state index contributed by atoms with van der Waals surface area (Å²) >= 11 is 0. The third kappa shape index (κ3) is 6.64. The first-order valence-corrected chi connectivity index (χ1v) is 8.20. The Balaban J connectivity index is 0.00000288. The van der Waals surface area contributed by atoms with Crippen LogP contribution in [0.1, 0.15) is 26.1 Å². The number of nitrogens with one attached hydrogen (secondary N) is 3. The molecule has 0 fully saturated rings. The van der Waals surface area contributed by atoms with Crippen LogP contribution in [0, 0.1) is 0 Å². The van der Waals surface area contributed by atoms with E-state index in [2.05, 4.69) is 39.4 Å². The molecule has 0 amide bonds. The zero-order chi connectivity index (χ0) is 16.5. The summed E-state index contributed by atoms with van der Waals surface area (Å²) < 4.78 is 5.14. The summed E-state index contributed by atoms with van der Waals surface area (Å²) in [5.74, 6) is 1.86. The number of aryl methyl sites for hydroxylation is 1. The molecule has 24 heavy (non-hydrogen) atoms. The fourth-order valence-corrected chi connectivity index (χ4v) is 2.41. The van der Waals surface area contributed by atoms with E-state index in [0.29, 0.717) is 6.61 Å². The Morgan fingerprint density at radius 2 is 2.17 bits per heavy atom. The molecule has 1 unspecified atom stereocenters. The van der Waals surface area contributed by atoms with Gasteiger partial charge in [-0.05, 0) is 32.4 Å². The number of para-hydroxylation sites is 2. The number of nitrogens with zero attached hydrogens (tertiary/aromatic N) is 2. The Kier molecular flexibility index (Phi) is 9.70. The standard InChI is InChI=1S/C17H27N5O.HI/c1-4-18-17(20-13(2)12-23-3)19-11-7-10-16-21-14-8-5-6-9-15(14)22-16;/h5-6,8-9,13H,4,7,10-12H2,1-3H3,(H,21,22)(H2,18,19,20);1H. The molecule has 1 aromatic heterocycles. The van der Waals surface area contributed by atoms with Crippen LogP contribution in [0.3, 0.4) is 0 Å². The summed E-state index contributed by atoms with van der Waals surface area (Å²) in [6.45, 7) is 6.39. The van der Waals surface area contributed by atoms with E-state index in [1.807, 2.05) is 24.3 Å². The second-order valence-electron chi connectivity index (χ2n) is 5.57. The number of fused-ring (bicyclic) bond motifs is 1. The molecule has 1 heterocycles. The second kappa shape index (κ2) is 11.2. The number of benzene rings is 1. The highest BCUT2D eigenvalue weighted by molar-refractivity contribution is 14.0. The largest absolute Gasteiger partial charge is 0.383 e. The molecule has 2 aromatic rings. The molecule has 0 spiro atoms. The van der Waals surface area contributed by atoms with Crippen molar-refractivity contribution < 1.29 is 4.74 Å². The predicted octanol–water partition coefficient (Wildman–Crippen LogP) is 2.70. The molecule has 1 aromatic carbocycles. The molecule has 0 aliphatic carbocycles. The number of aromatic nitrogens is 2. The number of ether oxygens (including phenoxy) is 1. The summed E-state index contributed by atoms with van der Waals surface area (Å²) in [5.41, 5.74) is 2.11. The van der Waals surface area contributed by atoms with Crippen molar-refractivity contribution in [2.45, 2.75) is 32.7 Å². The van der Waals surface area contributed by atoms with E-state index < -0.39 is 0 Å². The van der Waals surface area contributed by atoms with Crippen molar-refractivity contribution in [3.8, 4) is 0 Å². The highest BCUT2D eigenvalue weighted by Crippen LogP contribution is 2.11. The number of methoxy groups -OCH3 is 1. The van der Waals surface area contributed by atoms with Crippen molar-refractivity contribution in [3.63, 3.8) is 0 Å². The molecule has 0 saturated heterocycles. The first-order chi connectivity index (χ1) is 11.2. The monoisotopic (exact) mass is 445 g/mol. The molecule has 0 radical (unpaired) electrons. The van der Waals surface area contributed by atoms with Crippen LogP contribution in [-0.4, -0.2) is 48.8 Å². The topological polar surface area (TPSA) is 74.3 Å². The molecule has 0 saturated carbocycles. The van der Waals surface area contributed by atoms with Gasteiger partial charge >= 0.3 is 0 Å². The first kappa shape index (κ1) is 20.7. The quantitative estimate of drug-likeness (QED) is 0.253. The number of aliphatic imine (C=N–C) groups is 1. The van der Waals surface area contributed by atoms with E-state index in [1.165, 1.54) is 0 Å². The van der Waals surface area contributed by atoms with Crippen molar-refractivity contribution >= 4 is 41.0 Å². The number of imidazole rings is 1. The minimum atomic E-state index is 0. The molecule has 0 aliphatic rings. The van der Waals surface area contributed by atoms with Crippen molar-refractivity contribution in [2.75, 3.05) is 26.8 Å². The van der Waals surface area contributed by atoms with Gasteiger partial charge in [0, 0.05) is 32.7 Å². The van der Waals surface area contributed by atoms with E-state index in [-0.39, 0.29) is 30.0 Å². The van der Waals surface area contributed by atoms with Crippen LogP contribution < -0.4 is 10.6 Å². The average molecular weight is 445 g/mol. The Morgan fingerprint density at radius 3 is 2.88 bits per heavy atom. The summed E-state index contributed by atoms with van der Waals surface area (Å²) in [5, 5.41) is 6.58. The minimum Gasteiger partial charge on any atom is -0.383 e. The lowest BCUT2D eigenvalue weighted by Gasteiger charge is -2.16. The first-order valence-electron chi connectivity index (χ1n) is 8.20. The number of hydrogen-bond acceptors (Lipinski definition) is 3. The van der Waals surface area contributed by atoms with Crippen LogP contribution in [-0.2, 0) is 11.2 Å². The molecule has 0 bridgehead atoms. The number of guanidine groups is 1. The Morgan fingerprint density at radius 1 is 1.38 bits per heavy atom. The fraction of sp³-hybridized carbons (Fsp3) is 0.529. The van der Waals surface area contributed by atoms with Crippen molar-refractivity contribution in [2.24, 2.45) is 4.99 Å². The number of halogens is 1. The molecular weight excluding hydrogens is 417 g/mol. The summed E-state index contributed by atoms with van der Waals surface area (Å²) in [6, 6.07) is 8.33. The number of aromatic amines is 1. The molecule has 134 valence electrons. The van der Waals surface area contributed by atoms with Gasteiger partial charge in [0.05, 0.1) is 17.6 Å². The molecule has 0 aliphatic heterocycles. The van der Waals surface area contributed by atoms with Gasteiger partial charge in [-0.1, -0.05) is 12.1 Å². The van der Waals surface area contributed by atoms with Crippen molar-refractivity contribution in [1.82, 2.24) is 20.6 Å². The lowest BCUT2D eigenvalue weighted by atomic mass is 10.3. The van der Waals surface area contributed by atoms with Crippen molar-refractivity contribution in [3.05, 3.63) is 30.1 Å². The lowest BCUT2D eigenvalue weighted by molar-refractivity contribution is 0.179. The van der Waals surface area contributed by atoms with Crippen LogP contribution in [0.5, 0.6) is 0 Å². The zero-order valence-electron chi connectivity index (χ0n) is 14.6. The van der Waals surface area contributed by atoms with Crippen LogP contribution in [0.2, 0.25) is 0 Å². The minimum absolute atomic E-state index is 0. The summed E-state index contributed by atoms with van der Waals surface area (Å²) in [7, 11) is 1.70. The molecule has 1 atom stereocenters. The normalized spacial score (nSPS) is 12.7. The van der Waals surface area contributed by atoms with Gasteiger partial charge in [-0.15, -0.1) is 24.0 Å². The maximum Gasteiger partial charge on any atom is 0.191 e. The second-order valence-corrected chi connectivity index (χ2v) is 5.57. The Bertz CT molecular complexity index is 595. The highest BCUT2D eigenvalue weighted by atomic mass is 127.